The second-order valence-corrected chi connectivity index (χ2v) is 4.81. The van der Waals surface area contributed by atoms with E-state index in [2.05, 4.69) is 26.4 Å². The molecule has 0 spiro atoms. The SMILES string of the molecule is Cc1cccc(NC(=CC#N)C2=NN(c3ccccc3)NN2)n1. The number of anilines is 2. The Morgan fingerprint density at radius 2 is 2.04 bits per heavy atom. The Kier molecular flexibility index (Phi) is 4.18. The van der Waals surface area contributed by atoms with Gasteiger partial charge in [0.25, 0.3) is 0 Å². The predicted molar refractivity (Wildman–Crippen MR) is 88.9 cm³/mol. The van der Waals surface area contributed by atoms with Crippen molar-refractivity contribution in [1.82, 2.24) is 15.9 Å². The predicted octanol–water partition coefficient (Wildman–Crippen LogP) is 2.05. The van der Waals surface area contributed by atoms with E-state index in [4.69, 9.17) is 5.26 Å². The molecule has 1 aromatic heterocycles. The summed E-state index contributed by atoms with van der Waals surface area (Å²) in [7, 11) is 0. The monoisotopic (exact) mass is 305 g/mol. The number of nitriles is 1. The van der Waals surface area contributed by atoms with Crippen LogP contribution in [0.3, 0.4) is 0 Å². The Hall–Kier alpha value is -3.37. The van der Waals surface area contributed by atoms with Gasteiger partial charge in [0.1, 0.15) is 5.82 Å². The smallest absolute Gasteiger partial charge is 0.188 e. The van der Waals surface area contributed by atoms with Gasteiger partial charge in [0.2, 0.25) is 0 Å². The van der Waals surface area contributed by atoms with Crippen LogP contribution in [0.1, 0.15) is 5.69 Å². The van der Waals surface area contributed by atoms with Gasteiger partial charge in [-0.2, -0.15) is 10.4 Å². The first-order valence-corrected chi connectivity index (χ1v) is 7.02. The Balaban J connectivity index is 1.82. The number of para-hydroxylation sites is 1. The van der Waals surface area contributed by atoms with Crippen LogP contribution in [0.25, 0.3) is 0 Å². The summed E-state index contributed by atoms with van der Waals surface area (Å²) in [6.45, 7) is 1.91. The van der Waals surface area contributed by atoms with Crippen molar-refractivity contribution in [3.8, 4) is 6.07 Å². The number of rotatable bonds is 4. The summed E-state index contributed by atoms with van der Waals surface area (Å²) in [6, 6.07) is 17.3. The third-order valence-corrected chi connectivity index (χ3v) is 3.10. The van der Waals surface area contributed by atoms with Crippen LogP contribution in [0.2, 0.25) is 0 Å². The van der Waals surface area contributed by atoms with Crippen molar-refractivity contribution >= 4 is 17.3 Å². The van der Waals surface area contributed by atoms with Gasteiger partial charge in [-0.1, -0.05) is 24.3 Å². The number of amidine groups is 1. The molecule has 114 valence electrons. The lowest BCUT2D eigenvalue weighted by atomic mass is 10.3. The van der Waals surface area contributed by atoms with Crippen LogP contribution in [0.15, 0.2) is 65.4 Å². The van der Waals surface area contributed by atoms with E-state index < -0.39 is 0 Å². The molecule has 0 aliphatic carbocycles. The fraction of sp³-hybridized carbons (Fsp3) is 0.0625. The normalized spacial score (nSPS) is 14.0. The van der Waals surface area contributed by atoms with E-state index in [1.807, 2.05) is 61.5 Å². The van der Waals surface area contributed by atoms with Crippen molar-refractivity contribution in [2.45, 2.75) is 6.92 Å². The van der Waals surface area contributed by atoms with Crippen LogP contribution in [0.4, 0.5) is 11.5 Å². The van der Waals surface area contributed by atoms with Crippen molar-refractivity contribution in [2.24, 2.45) is 5.10 Å². The van der Waals surface area contributed by atoms with Gasteiger partial charge in [-0.3, -0.25) is 5.43 Å². The molecular weight excluding hydrogens is 290 g/mol. The van der Waals surface area contributed by atoms with Gasteiger partial charge in [0.05, 0.1) is 17.5 Å². The second kappa shape index (κ2) is 6.60. The highest BCUT2D eigenvalue weighted by atomic mass is 15.9. The first kappa shape index (κ1) is 14.6. The first-order chi connectivity index (χ1) is 11.3. The summed E-state index contributed by atoms with van der Waals surface area (Å²) in [5.41, 5.74) is 8.15. The number of nitrogens with zero attached hydrogens (tertiary/aromatic N) is 4. The molecule has 0 atom stereocenters. The van der Waals surface area contributed by atoms with Gasteiger partial charge in [-0.05, 0) is 31.2 Å². The molecule has 0 unspecified atom stereocenters. The second-order valence-electron chi connectivity index (χ2n) is 4.81. The Morgan fingerprint density at radius 1 is 1.22 bits per heavy atom. The molecule has 0 radical (unpaired) electrons. The molecule has 0 saturated heterocycles. The molecule has 7 heteroatoms. The number of benzene rings is 1. The quantitative estimate of drug-likeness (QED) is 0.749. The summed E-state index contributed by atoms with van der Waals surface area (Å²) in [4.78, 5) is 4.37. The average molecular weight is 305 g/mol. The van der Waals surface area contributed by atoms with E-state index in [9.17, 15) is 0 Å². The lowest BCUT2D eigenvalue weighted by Crippen LogP contribution is -2.39. The third kappa shape index (κ3) is 3.45. The van der Waals surface area contributed by atoms with Crippen molar-refractivity contribution in [1.29, 1.82) is 5.26 Å². The fourth-order valence-electron chi connectivity index (χ4n) is 2.05. The summed E-state index contributed by atoms with van der Waals surface area (Å²) < 4.78 is 0. The van der Waals surface area contributed by atoms with Gasteiger partial charge >= 0.3 is 0 Å². The van der Waals surface area contributed by atoms with E-state index in [-0.39, 0.29) is 0 Å². The maximum atomic E-state index is 9.01. The van der Waals surface area contributed by atoms with Gasteiger partial charge in [-0.25, -0.2) is 4.98 Å². The van der Waals surface area contributed by atoms with E-state index in [0.29, 0.717) is 17.4 Å². The minimum absolute atomic E-state index is 0.499. The maximum Gasteiger partial charge on any atom is 0.188 e. The summed E-state index contributed by atoms with van der Waals surface area (Å²) in [5.74, 6) is 1.15. The third-order valence-electron chi connectivity index (χ3n) is 3.10. The largest absolute Gasteiger partial charge is 0.337 e. The molecule has 2 heterocycles. The fourth-order valence-corrected chi connectivity index (χ4v) is 2.05. The number of aryl methyl sites for hydroxylation is 1. The number of nitrogens with one attached hydrogen (secondary N) is 3. The molecular formula is C16H15N7. The highest BCUT2D eigenvalue weighted by Gasteiger charge is 2.18. The molecule has 3 rings (SSSR count). The number of allylic oxidation sites excluding steroid dienone is 1. The zero-order valence-electron chi connectivity index (χ0n) is 12.5. The van der Waals surface area contributed by atoms with Crippen molar-refractivity contribution in [3.63, 3.8) is 0 Å². The number of hydrazine groups is 2. The summed E-state index contributed by atoms with van der Waals surface area (Å²) in [5, 5.41) is 18.1. The molecule has 2 aromatic rings. The molecule has 7 nitrogen and oxygen atoms in total. The van der Waals surface area contributed by atoms with Crippen LogP contribution >= 0.6 is 0 Å². The molecule has 1 aliphatic heterocycles. The standard InChI is InChI=1S/C16H15N7/c1-12-6-5-9-15(18-12)19-14(10-11-17)16-20-22-23(21-16)13-7-3-2-4-8-13/h2-10,22H,1H3,(H,18,19)(H,20,21). The Labute approximate surface area is 133 Å². The number of pyridine rings is 1. The lowest BCUT2D eigenvalue weighted by molar-refractivity contribution is 0.663. The van der Waals surface area contributed by atoms with Crippen molar-refractivity contribution in [3.05, 3.63) is 66.0 Å². The highest BCUT2D eigenvalue weighted by Crippen LogP contribution is 2.15. The van der Waals surface area contributed by atoms with E-state index >= 15 is 0 Å². The Bertz CT molecular complexity index is 790. The van der Waals surface area contributed by atoms with Crippen LogP contribution in [0, 0.1) is 18.3 Å². The summed E-state index contributed by atoms with van der Waals surface area (Å²) in [6.07, 6.45) is 1.38. The molecule has 0 fully saturated rings. The topological polar surface area (TPSA) is 88.4 Å². The van der Waals surface area contributed by atoms with Crippen LogP contribution in [0.5, 0.6) is 0 Å². The van der Waals surface area contributed by atoms with Crippen molar-refractivity contribution < 1.29 is 0 Å². The average Bonchev–Trinajstić information content (AvgIpc) is 3.05. The molecule has 1 aliphatic rings. The first-order valence-electron chi connectivity index (χ1n) is 7.02. The van der Waals surface area contributed by atoms with Crippen LogP contribution < -0.4 is 21.4 Å². The van der Waals surface area contributed by atoms with E-state index in [1.165, 1.54) is 6.08 Å². The van der Waals surface area contributed by atoms with Crippen molar-refractivity contribution in [2.75, 3.05) is 10.4 Å². The van der Waals surface area contributed by atoms with Gasteiger partial charge in [0, 0.05) is 11.8 Å². The maximum absolute atomic E-state index is 9.01. The number of hydrogen-bond acceptors (Lipinski definition) is 7. The number of hydrazone groups is 1. The van der Waals surface area contributed by atoms with Gasteiger partial charge < -0.3 is 5.32 Å². The van der Waals surface area contributed by atoms with Gasteiger partial charge in [0.15, 0.2) is 5.84 Å². The van der Waals surface area contributed by atoms with Crippen LogP contribution in [-0.4, -0.2) is 10.8 Å². The number of aromatic nitrogens is 1. The van der Waals surface area contributed by atoms with Crippen LogP contribution in [-0.2, 0) is 0 Å². The minimum atomic E-state index is 0.499. The minimum Gasteiger partial charge on any atom is -0.337 e. The molecule has 0 bridgehead atoms. The molecule has 1 aromatic carbocycles. The lowest BCUT2D eigenvalue weighted by Gasteiger charge is -2.11. The molecule has 23 heavy (non-hydrogen) atoms. The molecule has 3 N–H and O–H groups in total. The summed E-state index contributed by atoms with van der Waals surface area (Å²) >= 11 is 0. The highest BCUT2D eigenvalue weighted by molar-refractivity contribution is 6.02. The van der Waals surface area contributed by atoms with E-state index in [1.54, 1.807) is 5.12 Å². The molecule has 0 amide bonds. The number of hydrogen-bond donors (Lipinski definition) is 3. The van der Waals surface area contributed by atoms with E-state index in [0.717, 1.165) is 11.4 Å². The zero-order valence-corrected chi connectivity index (χ0v) is 12.5. The zero-order chi connectivity index (χ0) is 16.1. The Morgan fingerprint density at radius 3 is 2.78 bits per heavy atom. The molecule has 0 saturated carbocycles. The van der Waals surface area contributed by atoms with Gasteiger partial charge in [-0.15, -0.1) is 10.6 Å².